The number of anilines is 1. The minimum Gasteiger partial charge on any atom is -0.495 e. The average molecular weight is 339 g/mol. The van der Waals surface area contributed by atoms with Gasteiger partial charge in [0.1, 0.15) is 5.75 Å². The Kier molecular flexibility index (Phi) is 5.92. The van der Waals surface area contributed by atoms with Gasteiger partial charge in [-0.15, -0.1) is 0 Å². The summed E-state index contributed by atoms with van der Waals surface area (Å²) in [6, 6.07) is 12.3. The summed E-state index contributed by atoms with van der Waals surface area (Å²) in [5.74, 6) is 0.550. The molecule has 6 heteroatoms. The van der Waals surface area contributed by atoms with Gasteiger partial charge in [0, 0.05) is 16.6 Å². The van der Waals surface area contributed by atoms with Crippen LogP contribution in [0.1, 0.15) is 5.56 Å². The van der Waals surface area contributed by atoms with E-state index >= 15 is 0 Å². The Morgan fingerprint density at radius 2 is 1.91 bits per heavy atom. The molecule has 0 atom stereocenters. The molecule has 0 saturated heterocycles. The number of urea groups is 1. The van der Waals surface area contributed by atoms with E-state index in [0.717, 1.165) is 5.56 Å². The van der Waals surface area contributed by atoms with Crippen molar-refractivity contribution in [2.24, 2.45) is 0 Å². The van der Waals surface area contributed by atoms with Crippen molar-refractivity contribution in [2.45, 2.75) is 6.42 Å². The number of halogens is 2. The zero-order chi connectivity index (χ0) is 15.9. The van der Waals surface area contributed by atoms with Gasteiger partial charge in [0.05, 0.1) is 12.8 Å². The molecule has 0 radical (unpaired) electrons. The Bertz CT molecular complexity index is 662. The van der Waals surface area contributed by atoms with Gasteiger partial charge < -0.3 is 15.4 Å². The lowest BCUT2D eigenvalue weighted by atomic mass is 10.1. The molecule has 116 valence electrons. The quantitative estimate of drug-likeness (QED) is 0.850. The van der Waals surface area contributed by atoms with Crippen molar-refractivity contribution in [1.29, 1.82) is 0 Å². The molecule has 0 heterocycles. The number of nitrogens with one attached hydrogen (secondary N) is 2. The van der Waals surface area contributed by atoms with Crippen LogP contribution >= 0.6 is 23.2 Å². The third-order valence-corrected chi connectivity index (χ3v) is 3.47. The number of hydrogen-bond acceptors (Lipinski definition) is 2. The Balaban J connectivity index is 1.87. The van der Waals surface area contributed by atoms with Gasteiger partial charge in [-0.2, -0.15) is 0 Å². The van der Waals surface area contributed by atoms with E-state index in [1.165, 1.54) is 7.11 Å². The first kappa shape index (κ1) is 16.5. The molecule has 2 N–H and O–H groups in total. The van der Waals surface area contributed by atoms with Gasteiger partial charge in [-0.05, 0) is 42.3 Å². The van der Waals surface area contributed by atoms with Gasteiger partial charge in [-0.1, -0.05) is 35.3 Å². The predicted molar refractivity (Wildman–Crippen MR) is 90.2 cm³/mol. The van der Waals surface area contributed by atoms with E-state index in [-0.39, 0.29) is 6.03 Å². The molecule has 2 aromatic rings. The largest absolute Gasteiger partial charge is 0.495 e. The lowest BCUT2D eigenvalue weighted by molar-refractivity contribution is 0.252. The molecule has 2 rings (SSSR count). The van der Waals surface area contributed by atoms with Crippen LogP contribution in [0.4, 0.5) is 10.5 Å². The molecule has 0 fully saturated rings. The molecule has 0 aliphatic heterocycles. The van der Waals surface area contributed by atoms with Crippen LogP contribution < -0.4 is 15.4 Å². The van der Waals surface area contributed by atoms with Crippen LogP contribution in [0.3, 0.4) is 0 Å². The van der Waals surface area contributed by atoms with Crippen molar-refractivity contribution < 1.29 is 9.53 Å². The van der Waals surface area contributed by atoms with Crippen molar-refractivity contribution in [3.05, 3.63) is 58.1 Å². The van der Waals surface area contributed by atoms with Gasteiger partial charge in [0.15, 0.2) is 0 Å². The number of benzene rings is 2. The van der Waals surface area contributed by atoms with Crippen molar-refractivity contribution in [1.82, 2.24) is 5.32 Å². The molecule has 22 heavy (non-hydrogen) atoms. The summed E-state index contributed by atoms with van der Waals surface area (Å²) in [5.41, 5.74) is 1.59. The van der Waals surface area contributed by atoms with Crippen LogP contribution in [0.2, 0.25) is 10.0 Å². The molecule has 0 saturated carbocycles. The molecular weight excluding hydrogens is 323 g/mol. The maximum atomic E-state index is 11.9. The van der Waals surface area contributed by atoms with Crippen molar-refractivity contribution in [3.8, 4) is 5.75 Å². The van der Waals surface area contributed by atoms with E-state index in [9.17, 15) is 4.79 Å². The molecule has 2 aromatic carbocycles. The van der Waals surface area contributed by atoms with Gasteiger partial charge in [0.25, 0.3) is 0 Å². The minimum atomic E-state index is -0.317. The topological polar surface area (TPSA) is 50.4 Å². The molecule has 2 amide bonds. The molecule has 0 spiro atoms. The van der Waals surface area contributed by atoms with Gasteiger partial charge in [-0.25, -0.2) is 4.79 Å². The summed E-state index contributed by atoms with van der Waals surface area (Å²) in [6.45, 7) is 0.495. The fraction of sp³-hybridized carbons (Fsp3) is 0.188. The third-order valence-electron chi connectivity index (χ3n) is 3.00. The fourth-order valence-corrected chi connectivity index (χ4v) is 2.34. The number of amides is 2. The van der Waals surface area contributed by atoms with Crippen LogP contribution in [0.25, 0.3) is 0 Å². The summed E-state index contributed by atoms with van der Waals surface area (Å²) in [6.07, 6.45) is 0.695. The van der Waals surface area contributed by atoms with Gasteiger partial charge in [0.2, 0.25) is 0 Å². The zero-order valence-corrected chi connectivity index (χ0v) is 13.5. The number of rotatable bonds is 5. The molecule has 0 aliphatic rings. The molecule has 0 bridgehead atoms. The second-order valence-electron chi connectivity index (χ2n) is 4.61. The van der Waals surface area contributed by atoms with E-state index in [1.54, 1.807) is 18.2 Å². The third kappa shape index (κ3) is 4.83. The Hall–Kier alpha value is -1.91. The summed E-state index contributed by atoms with van der Waals surface area (Å²) in [4.78, 5) is 11.9. The maximum Gasteiger partial charge on any atom is 0.319 e. The summed E-state index contributed by atoms with van der Waals surface area (Å²) in [5, 5.41) is 6.70. The standard InChI is InChI=1S/C16H16Cl2N2O2/c1-22-15-6-5-13(18)10-14(15)20-16(21)19-8-7-11-3-2-4-12(17)9-11/h2-6,9-10H,7-8H2,1H3,(H2,19,20,21). The molecule has 0 aromatic heterocycles. The van der Waals surface area contributed by atoms with Crippen molar-refractivity contribution in [2.75, 3.05) is 19.0 Å². The lowest BCUT2D eigenvalue weighted by Gasteiger charge is -2.11. The van der Waals surface area contributed by atoms with Crippen LogP contribution in [0, 0.1) is 0 Å². The summed E-state index contributed by atoms with van der Waals surface area (Å²) in [7, 11) is 1.53. The second kappa shape index (κ2) is 7.92. The highest BCUT2D eigenvalue weighted by atomic mass is 35.5. The average Bonchev–Trinajstić information content (AvgIpc) is 2.47. The van der Waals surface area contributed by atoms with E-state index in [4.69, 9.17) is 27.9 Å². The number of carbonyl (C=O) groups is 1. The smallest absolute Gasteiger partial charge is 0.319 e. The molecule has 0 aliphatic carbocycles. The highest BCUT2D eigenvalue weighted by molar-refractivity contribution is 6.31. The summed E-state index contributed by atoms with van der Waals surface area (Å²) < 4.78 is 5.17. The van der Waals surface area contributed by atoms with Crippen LogP contribution in [0.15, 0.2) is 42.5 Å². The lowest BCUT2D eigenvalue weighted by Crippen LogP contribution is -2.30. The first-order valence-corrected chi connectivity index (χ1v) is 7.47. The zero-order valence-electron chi connectivity index (χ0n) is 12.0. The van der Waals surface area contributed by atoms with Crippen molar-refractivity contribution in [3.63, 3.8) is 0 Å². The fourth-order valence-electron chi connectivity index (χ4n) is 1.96. The van der Waals surface area contributed by atoms with Crippen molar-refractivity contribution >= 4 is 34.9 Å². The number of hydrogen-bond donors (Lipinski definition) is 2. The van der Waals surface area contributed by atoms with Gasteiger partial charge >= 0.3 is 6.03 Å². The molecule has 0 unspecified atom stereocenters. The van der Waals surface area contributed by atoms with Crippen LogP contribution in [-0.4, -0.2) is 19.7 Å². The minimum absolute atomic E-state index is 0.317. The predicted octanol–water partition coefficient (Wildman–Crippen LogP) is 4.37. The molecule has 4 nitrogen and oxygen atoms in total. The Morgan fingerprint density at radius 3 is 2.64 bits per heavy atom. The van der Waals surface area contributed by atoms with E-state index < -0.39 is 0 Å². The van der Waals surface area contributed by atoms with E-state index in [1.807, 2.05) is 24.3 Å². The maximum absolute atomic E-state index is 11.9. The van der Waals surface area contributed by atoms with Gasteiger partial charge in [-0.3, -0.25) is 0 Å². The first-order chi connectivity index (χ1) is 10.6. The highest BCUT2D eigenvalue weighted by Crippen LogP contribution is 2.27. The first-order valence-electron chi connectivity index (χ1n) is 6.71. The Morgan fingerprint density at radius 1 is 1.14 bits per heavy atom. The van der Waals surface area contributed by atoms with E-state index in [2.05, 4.69) is 10.6 Å². The monoisotopic (exact) mass is 338 g/mol. The number of methoxy groups -OCH3 is 1. The normalized spacial score (nSPS) is 10.1. The van der Waals surface area contributed by atoms with Crippen LogP contribution in [0.5, 0.6) is 5.75 Å². The SMILES string of the molecule is COc1ccc(Cl)cc1NC(=O)NCCc1cccc(Cl)c1. The number of ether oxygens (including phenoxy) is 1. The highest BCUT2D eigenvalue weighted by Gasteiger charge is 2.07. The molecular formula is C16H16Cl2N2O2. The Labute approximate surface area is 139 Å². The number of carbonyl (C=O) groups excluding carboxylic acids is 1. The van der Waals surface area contributed by atoms with Crippen LogP contribution in [-0.2, 0) is 6.42 Å². The summed E-state index contributed by atoms with van der Waals surface area (Å²) >= 11 is 11.8. The van der Waals surface area contributed by atoms with E-state index in [0.29, 0.717) is 34.4 Å². The second-order valence-corrected chi connectivity index (χ2v) is 5.48.